The van der Waals surface area contributed by atoms with Crippen LogP contribution in [-0.2, 0) is 6.18 Å². The van der Waals surface area contributed by atoms with Crippen molar-refractivity contribution >= 4 is 0 Å². The molecule has 0 atom stereocenters. The third-order valence-electron chi connectivity index (χ3n) is 2.32. The topological polar surface area (TPSA) is 67.8 Å². The van der Waals surface area contributed by atoms with Gasteiger partial charge in [0.15, 0.2) is 17.5 Å². The molecular weight excluding hydrogens is 308 g/mol. The van der Waals surface area contributed by atoms with Crippen molar-refractivity contribution in [2.24, 2.45) is 0 Å². The van der Waals surface area contributed by atoms with Crippen molar-refractivity contribution in [2.45, 2.75) is 6.18 Å². The minimum atomic E-state index is -5.02. The van der Waals surface area contributed by atoms with Crippen LogP contribution in [0.1, 0.15) is 5.69 Å². The lowest BCUT2D eigenvalue weighted by atomic mass is 10.3. The number of hydrogen-bond donors (Lipinski definition) is 1. The molecule has 0 amide bonds. The van der Waals surface area contributed by atoms with Gasteiger partial charge in [0.2, 0.25) is 0 Å². The molecule has 0 saturated carbocycles. The molecule has 0 bridgehead atoms. The predicted molar refractivity (Wildman–Crippen MR) is 55.3 cm³/mol. The van der Waals surface area contributed by atoms with Crippen molar-refractivity contribution in [3.05, 3.63) is 56.2 Å². The molecule has 0 aliphatic heterocycles. The maximum absolute atomic E-state index is 13.4. The zero-order chi connectivity index (χ0) is 15.9. The Kier molecular flexibility index (Phi) is 3.35. The van der Waals surface area contributed by atoms with E-state index in [4.69, 9.17) is 0 Å². The Morgan fingerprint density at radius 3 is 2.19 bits per heavy atom. The first-order valence-electron chi connectivity index (χ1n) is 5.06. The Morgan fingerprint density at radius 2 is 1.67 bits per heavy atom. The van der Waals surface area contributed by atoms with Gasteiger partial charge in [-0.05, 0) is 0 Å². The minimum Gasteiger partial charge on any atom is -0.303 e. The fourth-order valence-electron chi connectivity index (χ4n) is 1.44. The van der Waals surface area contributed by atoms with E-state index in [0.717, 1.165) is 0 Å². The largest absolute Gasteiger partial charge is 0.431 e. The van der Waals surface area contributed by atoms with Crippen molar-refractivity contribution in [1.29, 1.82) is 0 Å². The Labute approximate surface area is 110 Å². The van der Waals surface area contributed by atoms with Gasteiger partial charge in [0.1, 0.15) is 5.69 Å². The molecule has 0 saturated heterocycles. The molecule has 11 heteroatoms. The summed E-state index contributed by atoms with van der Waals surface area (Å²) in [6.07, 6.45) is -5.02. The fraction of sp³-hybridized carbons (Fsp3) is 0.100. The number of pyridine rings is 1. The summed E-state index contributed by atoms with van der Waals surface area (Å²) in [5, 5.41) is 0. The summed E-state index contributed by atoms with van der Waals surface area (Å²) in [6.45, 7) is 0. The molecule has 112 valence electrons. The molecule has 0 radical (unpaired) electrons. The van der Waals surface area contributed by atoms with Crippen LogP contribution in [0.4, 0.5) is 26.3 Å². The molecule has 2 heterocycles. The average Bonchev–Trinajstić information content (AvgIpc) is 2.33. The predicted octanol–water partition coefficient (Wildman–Crippen LogP) is 1.36. The molecule has 21 heavy (non-hydrogen) atoms. The van der Waals surface area contributed by atoms with Gasteiger partial charge in [0.25, 0.3) is 11.5 Å². The Morgan fingerprint density at radius 1 is 1.05 bits per heavy atom. The third-order valence-corrected chi connectivity index (χ3v) is 2.32. The SMILES string of the molecule is O=c1cc(C(F)(F)F)[nH]c(=O)n1-c1nc(F)c(F)cc1F. The molecule has 0 aliphatic rings. The standard InChI is InChI=1S/C10H3F6N3O2/c11-3-1-4(12)8(18-7(3)13)19-6(20)2-5(10(14,15)16)17-9(19)21/h1-2H,(H,17,21). The number of hydrogen-bond acceptors (Lipinski definition) is 3. The monoisotopic (exact) mass is 311 g/mol. The Bertz CT molecular complexity index is 792. The van der Waals surface area contributed by atoms with Gasteiger partial charge in [-0.15, -0.1) is 0 Å². The van der Waals surface area contributed by atoms with E-state index in [0.29, 0.717) is 0 Å². The highest BCUT2D eigenvalue weighted by Gasteiger charge is 2.33. The molecule has 0 spiro atoms. The average molecular weight is 311 g/mol. The molecule has 2 rings (SSSR count). The van der Waals surface area contributed by atoms with Gasteiger partial charge >= 0.3 is 11.9 Å². The normalized spacial score (nSPS) is 11.7. The summed E-state index contributed by atoms with van der Waals surface area (Å²) in [7, 11) is 0. The highest BCUT2D eigenvalue weighted by atomic mass is 19.4. The van der Waals surface area contributed by atoms with E-state index in [9.17, 15) is 35.9 Å². The number of rotatable bonds is 1. The molecule has 0 unspecified atom stereocenters. The van der Waals surface area contributed by atoms with Crippen LogP contribution in [0.2, 0.25) is 0 Å². The van der Waals surface area contributed by atoms with Crippen molar-refractivity contribution < 1.29 is 26.3 Å². The van der Waals surface area contributed by atoms with Gasteiger partial charge in [0.05, 0.1) is 0 Å². The van der Waals surface area contributed by atoms with Gasteiger partial charge in [-0.1, -0.05) is 0 Å². The minimum absolute atomic E-state index is 0.00121. The highest BCUT2D eigenvalue weighted by molar-refractivity contribution is 5.25. The Hall–Kier alpha value is -2.59. The summed E-state index contributed by atoms with van der Waals surface area (Å²) in [6, 6.07) is -0.0367. The molecule has 5 nitrogen and oxygen atoms in total. The van der Waals surface area contributed by atoms with Gasteiger partial charge < -0.3 is 4.98 Å². The van der Waals surface area contributed by atoms with Crippen LogP contribution in [0.15, 0.2) is 21.7 Å². The molecular formula is C10H3F6N3O2. The first-order chi connectivity index (χ1) is 9.61. The lowest BCUT2D eigenvalue weighted by Gasteiger charge is -2.09. The van der Waals surface area contributed by atoms with E-state index in [1.807, 2.05) is 0 Å². The maximum Gasteiger partial charge on any atom is 0.431 e. The highest BCUT2D eigenvalue weighted by Crippen LogP contribution is 2.25. The summed E-state index contributed by atoms with van der Waals surface area (Å²) < 4.78 is 75.9. The van der Waals surface area contributed by atoms with E-state index < -0.39 is 46.5 Å². The van der Waals surface area contributed by atoms with E-state index >= 15 is 0 Å². The molecule has 2 aromatic rings. The fourth-order valence-corrected chi connectivity index (χ4v) is 1.44. The number of alkyl halides is 3. The lowest BCUT2D eigenvalue weighted by Crippen LogP contribution is -2.37. The lowest BCUT2D eigenvalue weighted by molar-refractivity contribution is -0.141. The van der Waals surface area contributed by atoms with Crippen LogP contribution in [0, 0.1) is 17.6 Å². The first kappa shape index (κ1) is 14.8. The van der Waals surface area contributed by atoms with Crippen LogP contribution in [0.25, 0.3) is 5.82 Å². The van der Waals surface area contributed by atoms with E-state index in [2.05, 4.69) is 4.98 Å². The van der Waals surface area contributed by atoms with Crippen LogP contribution >= 0.6 is 0 Å². The number of nitrogens with zero attached hydrogens (tertiary/aromatic N) is 2. The second kappa shape index (κ2) is 4.75. The van der Waals surface area contributed by atoms with Gasteiger partial charge in [-0.25, -0.2) is 18.1 Å². The van der Waals surface area contributed by atoms with Gasteiger partial charge in [0, 0.05) is 12.1 Å². The van der Waals surface area contributed by atoms with E-state index in [1.54, 1.807) is 0 Å². The molecule has 1 N–H and O–H groups in total. The second-order valence-electron chi connectivity index (χ2n) is 3.73. The zero-order valence-corrected chi connectivity index (χ0v) is 9.63. The molecule has 0 fully saturated rings. The summed E-state index contributed by atoms with van der Waals surface area (Å²) in [4.78, 5) is 26.9. The number of nitrogens with one attached hydrogen (secondary N) is 1. The van der Waals surface area contributed by atoms with Crippen molar-refractivity contribution in [1.82, 2.24) is 14.5 Å². The van der Waals surface area contributed by atoms with Crippen molar-refractivity contribution in [3.63, 3.8) is 0 Å². The van der Waals surface area contributed by atoms with E-state index in [1.165, 1.54) is 4.98 Å². The van der Waals surface area contributed by atoms with Crippen LogP contribution in [0.5, 0.6) is 0 Å². The molecule has 2 aromatic heterocycles. The van der Waals surface area contributed by atoms with Gasteiger partial charge in [-0.3, -0.25) is 4.79 Å². The number of aromatic amines is 1. The maximum atomic E-state index is 13.4. The van der Waals surface area contributed by atoms with Crippen LogP contribution in [0.3, 0.4) is 0 Å². The quantitative estimate of drug-likeness (QED) is 0.639. The molecule has 0 aromatic carbocycles. The Balaban J connectivity index is 2.75. The zero-order valence-electron chi connectivity index (χ0n) is 9.63. The first-order valence-corrected chi connectivity index (χ1v) is 5.06. The molecule has 0 aliphatic carbocycles. The van der Waals surface area contributed by atoms with Gasteiger partial charge in [-0.2, -0.15) is 22.5 Å². The smallest absolute Gasteiger partial charge is 0.303 e. The van der Waals surface area contributed by atoms with Crippen molar-refractivity contribution in [2.75, 3.05) is 0 Å². The van der Waals surface area contributed by atoms with Crippen molar-refractivity contribution in [3.8, 4) is 5.82 Å². The second-order valence-corrected chi connectivity index (χ2v) is 3.73. The number of aromatic nitrogens is 3. The third kappa shape index (κ3) is 2.66. The number of halogens is 6. The summed E-state index contributed by atoms with van der Waals surface area (Å²) in [5.41, 5.74) is -4.98. The summed E-state index contributed by atoms with van der Waals surface area (Å²) >= 11 is 0. The van der Waals surface area contributed by atoms with Crippen LogP contribution in [-0.4, -0.2) is 14.5 Å². The number of H-pyrrole nitrogens is 1. The van der Waals surface area contributed by atoms with E-state index in [-0.39, 0.29) is 16.7 Å². The summed E-state index contributed by atoms with van der Waals surface area (Å²) in [5.74, 6) is -6.36. The van der Waals surface area contributed by atoms with Crippen LogP contribution < -0.4 is 11.2 Å².